The van der Waals surface area contributed by atoms with Crippen LogP contribution in [0.1, 0.15) is 386 Å². The first-order valence-electron chi connectivity index (χ1n) is 38.8. The molecule has 0 rings (SSSR count). The van der Waals surface area contributed by atoms with E-state index in [-0.39, 0.29) is 32.2 Å². The first kappa shape index (κ1) is 86.2. The van der Waals surface area contributed by atoms with Crippen molar-refractivity contribution in [3.63, 3.8) is 0 Å². The van der Waals surface area contributed by atoms with Crippen LogP contribution in [0.25, 0.3) is 0 Å². The first-order valence-corrected chi connectivity index (χ1v) is 38.8. The number of hydrogen-bond acceptors (Lipinski definition) is 7. The van der Waals surface area contributed by atoms with E-state index >= 15 is 0 Å². The van der Waals surface area contributed by atoms with Gasteiger partial charge in [0.15, 0.2) is 6.10 Å². The number of quaternary nitrogens is 1. The smallest absolute Gasteiger partial charge is 0.361 e. The summed E-state index contributed by atoms with van der Waals surface area (Å²) in [5.41, 5.74) is 0. The Morgan fingerprint density at radius 1 is 0.337 bits per heavy atom. The molecule has 0 aromatic carbocycles. The molecule has 522 valence electrons. The van der Waals surface area contributed by atoms with Gasteiger partial charge in [0, 0.05) is 12.8 Å². The zero-order chi connectivity index (χ0) is 64.7. The molecule has 0 spiro atoms. The second kappa shape index (κ2) is 71.1. The monoisotopic (exact) mass is 1250 g/mol. The highest BCUT2D eigenvalue weighted by molar-refractivity contribution is 5.71. The number of allylic oxidation sites excluding steroid dienone is 8. The Morgan fingerprint density at radius 3 is 0.910 bits per heavy atom. The predicted octanol–water partition coefficient (Wildman–Crippen LogP) is 24.5. The Balaban J connectivity index is 3.94. The van der Waals surface area contributed by atoms with E-state index in [1.807, 2.05) is 21.1 Å². The van der Waals surface area contributed by atoms with E-state index in [2.05, 4.69) is 62.5 Å². The minimum absolute atomic E-state index is 0.182. The van der Waals surface area contributed by atoms with Crippen LogP contribution in [0, 0.1) is 0 Å². The van der Waals surface area contributed by atoms with E-state index in [4.69, 9.17) is 18.9 Å². The van der Waals surface area contributed by atoms with Gasteiger partial charge in [-0.1, -0.05) is 345 Å². The minimum Gasteiger partial charge on any atom is -0.477 e. The molecule has 0 aromatic rings. The number of likely N-dealkylation sites (N-methyl/N-ethyl adjacent to an activating group) is 1. The zero-order valence-electron chi connectivity index (χ0n) is 59.9. The van der Waals surface area contributed by atoms with Crippen LogP contribution in [-0.2, 0) is 33.3 Å². The molecule has 0 amide bonds. The fraction of sp³-hybridized carbons (Fsp3) is 0.863. The molecule has 0 aromatic heterocycles. The van der Waals surface area contributed by atoms with Gasteiger partial charge in [0.05, 0.1) is 34.4 Å². The van der Waals surface area contributed by atoms with Gasteiger partial charge in [0.25, 0.3) is 6.29 Å². The summed E-state index contributed by atoms with van der Waals surface area (Å²) in [6.07, 6.45) is 89.9. The van der Waals surface area contributed by atoms with Crippen molar-refractivity contribution in [3.8, 4) is 0 Å². The van der Waals surface area contributed by atoms with E-state index in [9.17, 15) is 19.5 Å². The molecule has 0 aliphatic heterocycles. The third-order valence-electron chi connectivity index (χ3n) is 17.6. The van der Waals surface area contributed by atoms with Crippen molar-refractivity contribution in [2.75, 3.05) is 47.5 Å². The Bertz CT molecular complexity index is 1600. The maximum absolute atomic E-state index is 12.9. The Hall–Kier alpha value is -2.75. The summed E-state index contributed by atoms with van der Waals surface area (Å²) in [7, 11) is 5.99. The van der Waals surface area contributed by atoms with Gasteiger partial charge in [-0.2, -0.15) is 0 Å². The molecular weight excluding hydrogens is 1100 g/mol. The molecule has 89 heavy (non-hydrogen) atoms. The van der Waals surface area contributed by atoms with Crippen LogP contribution in [0.4, 0.5) is 0 Å². The molecule has 9 nitrogen and oxygen atoms in total. The number of nitrogens with zero attached hydrogens (tertiary/aromatic N) is 1. The van der Waals surface area contributed by atoms with Crippen molar-refractivity contribution < 1.29 is 42.9 Å². The van der Waals surface area contributed by atoms with Crippen molar-refractivity contribution >= 4 is 17.9 Å². The first-order chi connectivity index (χ1) is 43.6. The minimum atomic E-state index is -1.51. The number of carboxylic acid groups (broad SMARTS) is 1. The van der Waals surface area contributed by atoms with Crippen molar-refractivity contribution in [2.45, 2.75) is 399 Å². The highest BCUT2D eigenvalue weighted by Crippen LogP contribution is 2.19. The van der Waals surface area contributed by atoms with Gasteiger partial charge in [-0.15, -0.1) is 0 Å². The molecule has 9 heteroatoms. The maximum atomic E-state index is 12.9. The molecule has 0 aliphatic rings. The summed E-state index contributed by atoms with van der Waals surface area (Å²) in [4.78, 5) is 37.6. The maximum Gasteiger partial charge on any atom is 0.361 e. The lowest BCUT2D eigenvalue weighted by atomic mass is 10.0. The van der Waals surface area contributed by atoms with Gasteiger partial charge in [0.2, 0.25) is 0 Å². The summed E-state index contributed by atoms with van der Waals surface area (Å²) in [5.74, 6) is -1.99. The Morgan fingerprint density at radius 2 is 0.607 bits per heavy atom. The number of esters is 2. The largest absolute Gasteiger partial charge is 0.477 e. The van der Waals surface area contributed by atoms with E-state index in [1.165, 1.54) is 295 Å². The van der Waals surface area contributed by atoms with Crippen molar-refractivity contribution in [3.05, 3.63) is 48.6 Å². The second-order valence-corrected chi connectivity index (χ2v) is 27.7. The summed E-state index contributed by atoms with van der Waals surface area (Å²) in [6, 6.07) is 0. The zero-order valence-corrected chi connectivity index (χ0v) is 59.9. The lowest BCUT2D eigenvalue weighted by Crippen LogP contribution is -2.40. The van der Waals surface area contributed by atoms with Gasteiger partial charge in [-0.25, -0.2) is 4.79 Å². The molecule has 0 heterocycles. The van der Waals surface area contributed by atoms with E-state index in [1.54, 1.807) is 0 Å². The fourth-order valence-electron chi connectivity index (χ4n) is 11.6. The lowest BCUT2D eigenvalue weighted by Gasteiger charge is -2.25. The second-order valence-electron chi connectivity index (χ2n) is 27.7. The number of hydrogen-bond donors (Lipinski definition) is 1. The summed E-state index contributed by atoms with van der Waals surface area (Å²) >= 11 is 0. The van der Waals surface area contributed by atoms with Crippen LogP contribution in [0.2, 0.25) is 0 Å². The number of carboxylic acids is 1. The molecule has 0 saturated heterocycles. The number of carbonyl (C=O) groups is 3. The predicted molar refractivity (Wildman–Crippen MR) is 383 cm³/mol. The van der Waals surface area contributed by atoms with Crippen molar-refractivity contribution in [2.24, 2.45) is 0 Å². The molecule has 0 radical (unpaired) electrons. The molecule has 2 unspecified atom stereocenters. The molecule has 1 N–H and O–H groups in total. The molecule has 0 saturated carbocycles. The molecule has 0 bridgehead atoms. The summed E-state index contributed by atoms with van der Waals surface area (Å²) < 4.78 is 23.0. The van der Waals surface area contributed by atoms with E-state index < -0.39 is 24.3 Å². The van der Waals surface area contributed by atoms with Crippen molar-refractivity contribution in [1.82, 2.24) is 0 Å². The van der Waals surface area contributed by atoms with Gasteiger partial charge in [0.1, 0.15) is 13.2 Å². The van der Waals surface area contributed by atoms with Crippen LogP contribution in [-0.4, -0.2) is 87.4 Å². The third-order valence-corrected chi connectivity index (χ3v) is 17.6. The van der Waals surface area contributed by atoms with Crippen LogP contribution in [0.15, 0.2) is 48.6 Å². The SMILES string of the molecule is CCCCCCC/C=C\C/C=C\C/C=C\CCCCCCCCCCC(=O)OC(COC(=O)CCCCCCCCCCCCCCCCCCCCCCCCCCCCCCC/C=C\CCCCCCCCCC)COC(OCC[N+](C)(C)C)C(=O)O. The number of carbonyl (C=O) groups excluding carboxylic acids is 2. The van der Waals surface area contributed by atoms with Gasteiger partial charge in [-0.05, 0) is 77.0 Å². The summed E-state index contributed by atoms with van der Waals surface area (Å²) in [6.45, 7) is 4.91. The molecule has 0 fully saturated rings. The number of rotatable bonds is 73. The standard InChI is InChI=1S/C80H149NO8/c1-6-8-10-12-14-16-18-20-22-24-26-28-30-31-32-33-34-35-36-37-38-39-40-41-42-43-44-45-46-47-49-50-52-54-56-58-60-62-64-66-68-70-77(82)87-74-76(75-88-80(79(84)85)86-73-72-81(3,4)5)89-78(83)71-69-67-65-63-61-59-57-55-53-51-48-29-27-25-23-21-19-17-15-13-11-9-7-2/h19,21,24-27,48,51,76,80H,6-18,20,22-23,28-47,49-50,52-75H2,1-5H3/p+1/b21-19-,26-24-,27-25-,51-48-. The number of unbranched alkanes of at least 4 members (excludes halogenated alkanes) is 50. The van der Waals surface area contributed by atoms with Crippen molar-refractivity contribution in [1.29, 1.82) is 0 Å². The topological polar surface area (TPSA) is 108 Å². The van der Waals surface area contributed by atoms with Crippen LogP contribution < -0.4 is 0 Å². The van der Waals surface area contributed by atoms with Crippen LogP contribution >= 0.6 is 0 Å². The lowest BCUT2D eigenvalue weighted by molar-refractivity contribution is -0.870. The van der Waals surface area contributed by atoms with E-state index in [0.29, 0.717) is 23.9 Å². The van der Waals surface area contributed by atoms with Gasteiger partial charge >= 0.3 is 17.9 Å². The van der Waals surface area contributed by atoms with Crippen LogP contribution in [0.5, 0.6) is 0 Å². The quantitative estimate of drug-likeness (QED) is 0.0211. The molecule has 2 atom stereocenters. The third kappa shape index (κ3) is 72.5. The van der Waals surface area contributed by atoms with Crippen LogP contribution in [0.3, 0.4) is 0 Å². The molecule has 0 aliphatic carbocycles. The average Bonchev–Trinajstić information content (AvgIpc) is 3.64. The molecular formula is C80H150NO8+. The normalized spacial score (nSPS) is 12.9. The Kier molecular flexibility index (Phi) is 68.9. The fourth-order valence-corrected chi connectivity index (χ4v) is 11.6. The Labute approximate surface area is 553 Å². The highest BCUT2D eigenvalue weighted by atomic mass is 16.7. The highest BCUT2D eigenvalue weighted by Gasteiger charge is 2.25. The number of ether oxygens (including phenoxy) is 4. The van der Waals surface area contributed by atoms with E-state index in [0.717, 1.165) is 57.8 Å². The number of aliphatic carboxylic acids is 1. The summed E-state index contributed by atoms with van der Waals surface area (Å²) in [5, 5.41) is 9.75. The van der Waals surface area contributed by atoms with Gasteiger partial charge < -0.3 is 28.5 Å². The average molecular weight is 1250 g/mol. The van der Waals surface area contributed by atoms with Gasteiger partial charge in [-0.3, -0.25) is 9.59 Å².